The van der Waals surface area contributed by atoms with Crippen molar-refractivity contribution < 1.29 is 4.79 Å². The van der Waals surface area contributed by atoms with E-state index in [0.717, 1.165) is 16.9 Å². The number of benzene rings is 3. The van der Waals surface area contributed by atoms with Crippen LogP contribution < -0.4 is 5.32 Å². The minimum atomic E-state index is -0.426. The van der Waals surface area contributed by atoms with Gasteiger partial charge in [-0.15, -0.1) is 5.10 Å². The normalized spacial score (nSPS) is 10.7. The Labute approximate surface area is 178 Å². The largest absolute Gasteiger partial charge is 0.302 e. The van der Waals surface area contributed by atoms with Crippen LogP contribution in [0.5, 0.6) is 0 Å². The highest BCUT2D eigenvalue weighted by Gasteiger charge is 2.19. The van der Waals surface area contributed by atoms with Gasteiger partial charge in [0.15, 0.2) is 11.6 Å². The maximum atomic E-state index is 12.9. The fraction of sp³-hybridized carbons (Fsp3) is 0. The maximum Gasteiger partial charge on any atom is 0.296 e. The predicted molar refractivity (Wildman–Crippen MR) is 118 cm³/mol. The maximum absolute atomic E-state index is 12.9. The molecule has 150 valence electrons. The van der Waals surface area contributed by atoms with Crippen molar-refractivity contribution in [3.63, 3.8) is 0 Å². The molecule has 0 saturated carbocycles. The smallest absolute Gasteiger partial charge is 0.296 e. The first-order valence-corrected chi connectivity index (χ1v) is 9.78. The number of carbonyl (C=O) groups excluding carboxylic acids is 1. The highest BCUT2D eigenvalue weighted by molar-refractivity contribution is 6.01. The molecule has 7 heteroatoms. The van der Waals surface area contributed by atoms with Crippen LogP contribution in [-0.2, 0) is 0 Å². The lowest BCUT2D eigenvalue weighted by Gasteiger charge is -2.05. The van der Waals surface area contributed by atoms with Crippen LogP contribution >= 0.6 is 0 Å². The molecule has 0 aliphatic heterocycles. The van der Waals surface area contributed by atoms with Gasteiger partial charge in [-0.05, 0) is 24.3 Å². The minimum absolute atomic E-state index is 0.0666. The van der Waals surface area contributed by atoms with Crippen LogP contribution in [0.1, 0.15) is 10.6 Å². The van der Waals surface area contributed by atoms with Gasteiger partial charge in [0, 0.05) is 17.8 Å². The lowest BCUT2D eigenvalue weighted by atomic mass is 10.2. The molecule has 0 radical (unpaired) electrons. The Kier molecular flexibility index (Phi) is 4.82. The van der Waals surface area contributed by atoms with E-state index >= 15 is 0 Å². The summed E-state index contributed by atoms with van der Waals surface area (Å²) in [6.07, 6.45) is 1.79. The molecule has 7 nitrogen and oxygen atoms in total. The number of nitrogens with zero attached hydrogens (tertiary/aromatic N) is 5. The molecule has 5 rings (SSSR count). The van der Waals surface area contributed by atoms with Crippen LogP contribution in [0.4, 0.5) is 5.82 Å². The van der Waals surface area contributed by atoms with Gasteiger partial charge in [0.1, 0.15) is 0 Å². The van der Waals surface area contributed by atoms with E-state index in [-0.39, 0.29) is 5.82 Å². The first kappa shape index (κ1) is 18.5. The molecule has 0 unspecified atom stereocenters. The van der Waals surface area contributed by atoms with E-state index in [2.05, 4.69) is 20.5 Å². The summed E-state index contributed by atoms with van der Waals surface area (Å²) in [6.45, 7) is 0. The lowest BCUT2D eigenvalue weighted by Crippen LogP contribution is -2.15. The standard InChI is InChI=1S/C24H18N6O/c31-24(25-21-16-17-29(27-21)19-12-6-2-7-13-19)22-26-23(18-10-4-1-5-11-18)30(28-22)20-14-8-3-9-15-20/h1-17H,(H,25,27,31). The van der Waals surface area contributed by atoms with Gasteiger partial charge in [0.05, 0.1) is 11.4 Å². The first-order chi connectivity index (χ1) is 15.3. The molecule has 2 heterocycles. The fourth-order valence-electron chi connectivity index (χ4n) is 3.22. The van der Waals surface area contributed by atoms with Gasteiger partial charge in [-0.1, -0.05) is 66.7 Å². The number of anilines is 1. The van der Waals surface area contributed by atoms with Gasteiger partial charge in [-0.2, -0.15) is 5.10 Å². The van der Waals surface area contributed by atoms with Crippen LogP contribution in [0.25, 0.3) is 22.8 Å². The first-order valence-electron chi connectivity index (χ1n) is 9.78. The van der Waals surface area contributed by atoms with E-state index in [1.54, 1.807) is 21.6 Å². The Morgan fingerprint density at radius 1 is 0.710 bits per heavy atom. The molecule has 0 bridgehead atoms. The quantitative estimate of drug-likeness (QED) is 0.470. The Morgan fingerprint density at radius 2 is 1.32 bits per heavy atom. The van der Waals surface area contributed by atoms with Crippen molar-refractivity contribution >= 4 is 11.7 Å². The summed E-state index contributed by atoms with van der Waals surface area (Å²) in [4.78, 5) is 17.4. The molecule has 0 saturated heterocycles. The molecule has 1 N–H and O–H groups in total. The van der Waals surface area contributed by atoms with Crippen molar-refractivity contribution in [1.29, 1.82) is 0 Å². The molecule has 0 fully saturated rings. The van der Waals surface area contributed by atoms with Crippen molar-refractivity contribution in [2.75, 3.05) is 5.32 Å². The number of para-hydroxylation sites is 2. The lowest BCUT2D eigenvalue weighted by molar-refractivity contribution is 0.101. The second-order valence-corrected chi connectivity index (χ2v) is 6.81. The summed E-state index contributed by atoms with van der Waals surface area (Å²) < 4.78 is 3.37. The number of carbonyl (C=O) groups is 1. The summed E-state index contributed by atoms with van der Waals surface area (Å²) >= 11 is 0. The fourth-order valence-corrected chi connectivity index (χ4v) is 3.22. The Hall–Kier alpha value is -4.52. The van der Waals surface area contributed by atoms with Crippen LogP contribution in [0.3, 0.4) is 0 Å². The highest BCUT2D eigenvalue weighted by atomic mass is 16.2. The van der Waals surface area contributed by atoms with E-state index in [9.17, 15) is 4.79 Å². The van der Waals surface area contributed by atoms with E-state index < -0.39 is 5.91 Å². The van der Waals surface area contributed by atoms with Crippen molar-refractivity contribution in [1.82, 2.24) is 24.5 Å². The minimum Gasteiger partial charge on any atom is -0.302 e. The molecule has 0 atom stereocenters. The summed E-state index contributed by atoms with van der Waals surface area (Å²) in [5, 5.41) is 11.7. The van der Waals surface area contributed by atoms with Gasteiger partial charge in [0.2, 0.25) is 5.82 Å². The number of nitrogens with one attached hydrogen (secondary N) is 1. The summed E-state index contributed by atoms with van der Waals surface area (Å²) in [5.74, 6) is 0.653. The number of hydrogen-bond acceptors (Lipinski definition) is 4. The van der Waals surface area contributed by atoms with Gasteiger partial charge >= 0.3 is 0 Å². The van der Waals surface area contributed by atoms with Gasteiger partial charge in [-0.25, -0.2) is 14.3 Å². The molecule has 0 spiro atoms. The summed E-state index contributed by atoms with van der Waals surface area (Å²) in [5.41, 5.74) is 2.59. The van der Waals surface area contributed by atoms with Gasteiger partial charge in [-0.3, -0.25) is 4.79 Å². The molecule has 1 amide bonds. The van der Waals surface area contributed by atoms with E-state index in [1.807, 2.05) is 91.0 Å². The number of hydrogen-bond donors (Lipinski definition) is 1. The van der Waals surface area contributed by atoms with Crippen molar-refractivity contribution in [3.8, 4) is 22.8 Å². The molecule has 3 aromatic carbocycles. The van der Waals surface area contributed by atoms with Crippen LogP contribution in [0.2, 0.25) is 0 Å². The average molecular weight is 406 g/mol. The van der Waals surface area contributed by atoms with Crippen LogP contribution in [-0.4, -0.2) is 30.5 Å². The highest BCUT2D eigenvalue weighted by Crippen LogP contribution is 2.21. The molecular weight excluding hydrogens is 388 g/mol. The molecular formula is C24H18N6O. The average Bonchev–Trinajstić information content (AvgIpc) is 3.49. The Bertz CT molecular complexity index is 1250. The Morgan fingerprint density at radius 3 is 2.00 bits per heavy atom. The third-order valence-corrected chi connectivity index (χ3v) is 4.69. The molecule has 0 aliphatic carbocycles. The van der Waals surface area contributed by atoms with Crippen LogP contribution in [0, 0.1) is 0 Å². The third kappa shape index (κ3) is 3.84. The van der Waals surface area contributed by atoms with Gasteiger partial charge in [0.25, 0.3) is 5.91 Å². The van der Waals surface area contributed by atoms with Crippen molar-refractivity contribution in [3.05, 3.63) is 109 Å². The monoisotopic (exact) mass is 406 g/mol. The third-order valence-electron chi connectivity index (χ3n) is 4.69. The number of aromatic nitrogens is 5. The number of rotatable bonds is 5. The van der Waals surface area contributed by atoms with Crippen LogP contribution in [0.15, 0.2) is 103 Å². The molecule has 31 heavy (non-hydrogen) atoms. The molecule has 2 aromatic heterocycles. The molecule has 5 aromatic rings. The SMILES string of the molecule is O=C(Nc1ccn(-c2ccccc2)n1)c1nc(-c2ccccc2)n(-c2ccccc2)n1. The second-order valence-electron chi connectivity index (χ2n) is 6.81. The van der Waals surface area contributed by atoms with Crippen molar-refractivity contribution in [2.45, 2.75) is 0 Å². The summed E-state index contributed by atoms with van der Waals surface area (Å²) in [6, 6.07) is 30.7. The van der Waals surface area contributed by atoms with E-state index in [0.29, 0.717) is 11.6 Å². The zero-order chi connectivity index (χ0) is 21.0. The predicted octanol–water partition coefficient (Wildman–Crippen LogP) is 4.37. The van der Waals surface area contributed by atoms with E-state index in [1.165, 1.54) is 0 Å². The van der Waals surface area contributed by atoms with Gasteiger partial charge < -0.3 is 5.32 Å². The number of amides is 1. The molecule has 0 aliphatic rings. The second kappa shape index (κ2) is 8.08. The zero-order valence-electron chi connectivity index (χ0n) is 16.5. The van der Waals surface area contributed by atoms with Crippen molar-refractivity contribution in [2.24, 2.45) is 0 Å². The Balaban J connectivity index is 1.46. The van der Waals surface area contributed by atoms with E-state index in [4.69, 9.17) is 0 Å². The topological polar surface area (TPSA) is 77.6 Å². The summed E-state index contributed by atoms with van der Waals surface area (Å²) in [7, 11) is 0. The zero-order valence-corrected chi connectivity index (χ0v) is 16.5.